The Labute approximate surface area is 258 Å². The van der Waals surface area contributed by atoms with Crippen LogP contribution in [0.15, 0.2) is 145 Å². The van der Waals surface area contributed by atoms with Crippen LogP contribution in [0.2, 0.25) is 0 Å². The molecule has 2 atom stereocenters. The van der Waals surface area contributed by atoms with Crippen molar-refractivity contribution < 1.29 is 17.4 Å². The fourth-order valence-corrected chi connectivity index (χ4v) is 34.7. The van der Waals surface area contributed by atoms with Crippen molar-refractivity contribution in [3.05, 3.63) is 167 Å². The van der Waals surface area contributed by atoms with Crippen LogP contribution in [0, 0.1) is 0 Å². The van der Waals surface area contributed by atoms with E-state index in [9.17, 15) is 0 Å². The Hall–Kier alpha value is -2.74. The van der Waals surface area contributed by atoms with E-state index in [-0.39, 0.29) is 24.8 Å². The van der Waals surface area contributed by atoms with Crippen molar-refractivity contribution in [2.24, 2.45) is 0 Å². The first-order valence-electron chi connectivity index (χ1n) is 13.9. The zero-order valence-electron chi connectivity index (χ0n) is 23.1. The van der Waals surface area contributed by atoms with E-state index >= 15 is 0 Å². The molecule has 0 N–H and O–H groups in total. The topological polar surface area (TPSA) is 0 Å². The maximum atomic E-state index is 2.59. The van der Waals surface area contributed by atoms with Crippen LogP contribution < -0.4 is 6.54 Å². The van der Waals surface area contributed by atoms with Gasteiger partial charge in [-0.1, -0.05) is 0 Å². The Kier molecular flexibility index (Phi) is 8.34. The minimum absolute atomic E-state index is 0. The van der Waals surface area contributed by atoms with Gasteiger partial charge in [0.25, 0.3) is 0 Å². The number of benzene rings is 5. The van der Waals surface area contributed by atoms with Crippen molar-refractivity contribution in [1.82, 2.24) is 0 Å². The first-order valence-corrected chi connectivity index (χ1v) is 25.1. The third kappa shape index (κ3) is 4.34. The van der Waals surface area contributed by atoms with Crippen molar-refractivity contribution >= 4 is 50.4 Å². The summed E-state index contributed by atoms with van der Waals surface area (Å²) in [5.41, 5.74) is 9.89. The summed E-state index contributed by atoms with van der Waals surface area (Å²) in [6, 6.07) is 50.2. The molecular weight excluding hydrogens is 635 g/mol. The van der Waals surface area contributed by atoms with Gasteiger partial charge in [0.1, 0.15) is 0 Å². The van der Waals surface area contributed by atoms with E-state index < -0.39 is 17.4 Å². The molecule has 0 amide bonds. The molecule has 0 aromatic heterocycles. The van der Waals surface area contributed by atoms with Gasteiger partial charge in [0, 0.05) is 0 Å². The minimum atomic E-state index is -4.38. The molecule has 2 aliphatic rings. The van der Waals surface area contributed by atoms with Crippen LogP contribution in [-0.4, -0.2) is 6.88 Å². The molecule has 0 spiro atoms. The third-order valence-corrected chi connectivity index (χ3v) is 37.5. The fraction of sp³-hybridized carbons (Fsp3) is 0.0811. The molecule has 0 nitrogen and oxygen atoms in total. The quantitative estimate of drug-likeness (QED) is 0.165. The van der Waals surface area contributed by atoms with Gasteiger partial charge in [0.15, 0.2) is 0 Å². The summed E-state index contributed by atoms with van der Waals surface area (Å²) in [6.45, 7) is 4.81. The minimum Gasteiger partial charge on any atom is -0.147 e. The summed E-state index contributed by atoms with van der Waals surface area (Å²) in [5, 5.41) is 0. The van der Waals surface area contributed by atoms with E-state index in [0.29, 0.717) is 7.25 Å². The third-order valence-electron chi connectivity index (χ3n) is 9.44. The Morgan fingerprint density at radius 3 is 1.76 bits per heavy atom. The van der Waals surface area contributed by atoms with Crippen LogP contribution in [0.25, 0.3) is 23.3 Å². The second-order valence-corrected chi connectivity index (χ2v) is 34.1. The number of hydrogen-bond acceptors (Lipinski definition) is 0. The summed E-state index contributed by atoms with van der Waals surface area (Å²) < 4.78 is 3.84. The molecular formula is C37H34Cl2SiZr. The van der Waals surface area contributed by atoms with Crippen LogP contribution in [0.1, 0.15) is 36.4 Å². The first kappa shape index (κ1) is 29.7. The summed E-state index contributed by atoms with van der Waals surface area (Å²) in [7, 11) is 0. The van der Waals surface area contributed by atoms with Gasteiger partial charge in [-0.15, -0.1) is 24.8 Å². The van der Waals surface area contributed by atoms with Crippen LogP contribution in [0.5, 0.6) is 0 Å². The van der Waals surface area contributed by atoms with Crippen molar-refractivity contribution in [3.8, 4) is 11.1 Å². The molecule has 0 bridgehead atoms. The van der Waals surface area contributed by atoms with Gasteiger partial charge in [0.05, 0.1) is 0 Å². The molecule has 41 heavy (non-hydrogen) atoms. The average Bonchev–Trinajstić information content (AvgIpc) is 3.60. The number of rotatable bonds is 5. The van der Waals surface area contributed by atoms with Gasteiger partial charge in [0.2, 0.25) is 0 Å². The van der Waals surface area contributed by atoms with Gasteiger partial charge in [-0.3, -0.25) is 0 Å². The molecule has 0 heterocycles. The molecule has 0 fully saturated rings. The summed E-state index contributed by atoms with van der Waals surface area (Å²) in [6.07, 6.45) is 7.49. The Bertz CT molecular complexity index is 1780. The second kappa shape index (κ2) is 11.5. The van der Waals surface area contributed by atoms with E-state index in [1.807, 2.05) is 0 Å². The van der Waals surface area contributed by atoms with Crippen molar-refractivity contribution in [1.29, 1.82) is 0 Å². The van der Waals surface area contributed by atoms with Gasteiger partial charge in [-0.05, 0) is 0 Å². The van der Waals surface area contributed by atoms with Gasteiger partial charge >= 0.3 is 236 Å². The van der Waals surface area contributed by atoms with E-state index in [2.05, 4.69) is 165 Å². The van der Waals surface area contributed by atoms with E-state index in [1.54, 1.807) is 6.54 Å². The SMILES string of the molecule is CC1=Cc2ccccc2[CH]1[Zr](=[SiH2])([c]1ccccc1)([c]1ccccc1)[CH]1C=Cc2c(-c3ccccc3)cccc21.Cl.Cl. The van der Waals surface area contributed by atoms with Crippen LogP contribution in [0.3, 0.4) is 0 Å². The summed E-state index contributed by atoms with van der Waals surface area (Å²) >= 11 is -4.38. The average molecular weight is 669 g/mol. The Morgan fingerprint density at radius 1 is 0.585 bits per heavy atom. The van der Waals surface area contributed by atoms with Gasteiger partial charge in [-0.2, -0.15) is 0 Å². The molecule has 0 saturated carbocycles. The van der Waals surface area contributed by atoms with Crippen molar-refractivity contribution in [2.75, 3.05) is 0 Å². The normalized spacial score (nSPS) is 17.1. The van der Waals surface area contributed by atoms with Gasteiger partial charge < -0.3 is 0 Å². The molecule has 0 aliphatic heterocycles. The number of fused-ring (bicyclic) bond motifs is 2. The maximum Gasteiger partial charge on any atom is -0.147 e. The van der Waals surface area contributed by atoms with E-state index in [1.165, 1.54) is 39.0 Å². The fourth-order valence-electron chi connectivity index (χ4n) is 7.84. The van der Waals surface area contributed by atoms with Crippen LogP contribution in [0.4, 0.5) is 0 Å². The largest absolute Gasteiger partial charge is 0.147 e. The van der Waals surface area contributed by atoms with E-state index in [4.69, 9.17) is 0 Å². The predicted molar refractivity (Wildman–Crippen MR) is 182 cm³/mol. The number of halogens is 2. The van der Waals surface area contributed by atoms with Crippen LogP contribution in [-0.2, 0) is 17.4 Å². The molecule has 5 aromatic carbocycles. The zero-order valence-corrected chi connectivity index (χ0v) is 28.6. The predicted octanol–water partition coefficient (Wildman–Crippen LogP) is 8.31. The smallest absolute Gasteiger partial charge is 0.147 e. The monoisotopic (exact) mass is 666 g/mol. The molecule has 5 aromatic rings. The second-order valence-electron chi connectivity index (χ2n) is 11.3. The van der Waals surface area contributed by atoms with E-state index in [0.717, 1.165) is 0 Å². The Balaban J connectivity index is 0.00000169. The Morgan fingerprint density at radius 2 is 1.12 bits per heavy atom. The standard InChI is InChI=1S/C15H11.C10H9.2C6H5.2ClH.H2Si.Zr/c1-2-6-12(7-3-1)14-10-4-8-13-9-5-11-15(13)14;1-8-6-9-4-2-3-5-10(9)7-8;2*1-2-4-6-5-3-1;;;;/h1-11H;2-7H,1H3;2*1-5H;2*1H;1H2;. The molecule has 0 radical (unpaired) electrons. The zero-order chi connectivity index (χ0) is 26.5. The molecule has 2 unspecified atom stereocenters. The van der Waals surface area contributed by atoms with Crippen molar-refractivity contribution in [2.45, 2.75) is 14.2 Å². The molecule has 4 heteroatoms. The summed E-state index contributed by atoms with van der Waals surface area (Å²) in [4.78, 5) is 0. The van der Waals surface area contributed by atoms with Crippen molar-refractivity contribution in [3.63, 3.8) is 0 Å². The molecule has 204 valence electrons. The molecule has 7 rings (SSSR count). The van der Waals surface area contributed by atoms with Crippen LogP contribution >= 0.6 is 24.8 Å². The first-order chi connectivity index (χ1) is 19.1. The molecule has 2 aliphatic carbocycles. The number of hydrogen-bond donors (Lipinski definition) is 0. The van der Waals surface area contributed by atoms with Gasteiger partial charge in [-0.25, -0.2) is 0 Å². The maximum absolute atomic E-state index is 4.38. The molecule has 0 saturated heterocycles. The summed E-state index contributed by atoms with van der Waals surface area (Å²) in [5.74, 6) is 0. The number of allylic oxidation sites excluding steroid dienone is 2.